The Morgan fingerprint density at radius 3 is 2.49 bits per heavy atom. The molecule has 1 amide bonds. The molecule has 0 spiro atoms. The fraction of sp³-hybridized carbons (Fsp3) is 0.241. The highest BCUT2D eigenvalue weighted by atomic mass is 35.5. The van der Waals surface area contributed by atoms with Gasteiger partial charge in [0.15, 0.2) is 5.82 Å². The summed E-state index contributed by atoms with van der Waals surface area (Å²) in [6, 6.07) is 22.2. The van der Waals surface area contributed by atoms with Crippen molar-refractivity contribution in [2.24, 2.45) is 5.73 Å². The number of amides is 1. The number of likely N-dealkylation sites (tertiary alicyclic amines) is 1. The van der Waals surface area contributed by atoms with Crippen LogP contribution >= 0.6 is 11.6 Å². The molecule has 2 aromatic heterocycles. The first kappa shape index (κ1) is 26.4. The molecule has 1 saturated heterocycles. The van der Waals surface area contributed by atoms with Gasteiger partial charge in [0.1, 0.15) is 5.56 Å². The zero-order valence-corrected chi connectivity index (χ0v) is 21.9. The fourth-order valence-electron chi connectivity index (χ4n) is 5.08. The van der Waals surface area contributed by atoms with Crippen LogP contribution in [0.5, 0.6) is 0 Å². The van der Waals surface area contributed by atoms with Gasteiger partial charge >= 0.3 is 0 Å². The van der Waals surface area contributed by atoms with E-state index in [4.69, 9.17) is 22.4 Å². The Kier molecular flexibility index (Phi) is 7.59. The molecule has 2 aromatic carbocycles. The lowest BCUT2D eigenvalue weighted by molar-refractivity contribution is 0.0967. The van der Waals surface area contributed by atoms with Crippen LogP contribution in [0.25, 0.3) is 0 Å². The molecule has 39 heavy (non-hydrogen) atoms. The molecule has 3 heterocycles. The highest BCUT2D eigenvalue weighted by molar-refractivity contribution is 6.31. The molecule has 0 bridgehead atoms. The van der Waals surface area contributed by atoms with Gasteiger partial charge in [-0.2, -0.15) is 14.8 Å². The number of para-hydroxylation sites is 1. The van der Waals surface area contributed by atoms with Crippen molar-refractivity contribution in [3.63, 3.8) is 0 Å². The van der Waals surface area contributed by atoms with Gasteiger partial charge in [-0.25, -0.2) is 4.98 Å². The van der Waals surface area contributed by atoms with Crippen LogP contribution in [0.3, 0.4) is 0 Å². The third-order valence-electron chi connectivity index (χ3n) is 7.19. The summed E-state index contributed by atoms with van der Waals surface area (Å²) >= 11 is 6.38. The summed E-state index contributed by atoms with van der Waals surface area (Å²) in [6.07, 6.45) is 4.46. The molecule has 0 unspecified atom stereocenters. The normalized spacial score (nSPS) is 15.0. The lowest BCUT2D eigenvalue weighted by atomic mass is 9.84. The molecular formula is C29H27ClFN7O. The number of anilines is 3. The fourth-order valence-corrected chi connectivity index (χ4v) is 5.27. The highest BCUT2D eigenvalue weighted by Crippen LogP contribution is 2.39. The van der Waals surface area contributed by atoms with Crippen molar-refractivity contribution in [3.05, 3.63) is 101 Å². The standard InChI is InChI=1S/C29H27ClFN7O/c30-25-9-5-4-6-21(25)19-36-16-12-29(11-14-32,13-17-36)37-20-24(27(33)39)28(35-37)38(22-7-2-1-3-8-22)23-10-15-34-26(31)18-23/h1-10,15,18,20H,11-13,16-17,19H2,(H2,33,39). The highest BCUT2D eigenvalue weighted by Gasteiger charge is 2.39. The van der Waals surface area contributed by atoms with E-state index in [-0.39, 0.29) is 17.8 Å². The van der Waals surface area contributed by atoms with E-state index >= 15 is 0 Å². The number of nitriles is 1. The smallest absolute Gasteiger partial charge is 0.254 e. The van der Waals surface area contributed by atoms with Gasteiger partial charge < -0.3 is 5.73 Å². The molecule has 0 aliphatic carbocycles. The van der Waals surface area contributed by atoms with Gasteiger partial charge in [-0.15, -0.1) is 0 Å². The summed E-state index contributed by atoms with van der Waals surface area (Å²) in [7, 11) is 0. The minimum atomic E-state index is -0.671. The van der Waals surface area contributed by atoms with Gasteiger partial charge in [-0.05, 0) is 42.7 Å². The number of nitrogens with zero attached hydrogens (tertiary/aromatic N) is 6. The van der Waals surface area contributed by atoms with E-state index in [9.17, 15) is 14.4 Å². The minimum Gasteiger partial charge on any atom is -0.365 e. The Labute approximate surface area is 231 Å². The zero-order valence-electron chi connectivity index (χ0n) is 21.2. The van der Waals surface area contributed by atoms with Crippen LogP contribution < -0.4 is 10.6 Å². The number of halogens is 2. The summed E-state index contributed by atoms with van der Waals surface area (Å²) in [5.74, 6) is -1.08. The molecule has 5 rings (SSSR count). The average Bonchev–Trinajstić information content (AvgIpc) is 3.38. The van der Waals surface area contributed by atoms with Crippen LogP contribution in [-0.2, 0) is 12.1 Å². The van der Waals surface area contributed by atoms with Crippen molar-refractivity contribution < 1.29 is 9.18 Å². The van der Waals surface area contributed by atoms with Gasteiger partial charge in [0, 0.05) is 48.8 Å². The number of piperidine rings is 1. The third kappa shape index (κ3) is 5.48. The number of pyridine rings is 1. The van der Waals surface area contributed by atoms with Crippen LogP contribution in [0, 0.1) is 17.3 Å². The number of hydrogen-bond donors (Lipinski definition) is 1. The van der Waals surface area contributed by atoms with E-state index in [0.717, 1.165) is 10.6 Å². The van der Waals surface area contributed by atoms with Crippen LogP contribution in [0.4, 0.5) is 21.6 Å². The molecule has 198 valence electrons. The van der Waals surface area contributed by atoms with Gasteiger partial charge in [-0.3, -0.25) is 19.3 Å². The van der Waals surface area contributed by atoms with E-state index in [1.54, 1.807) is 21.8 Å². The summed E-state index contributed by atoms with van der Waals surface area (Å²) in [5, 5.41) is 15.4. The molecule has 4 aromatic rings. The van der Waals surface area contributed by atoms with Crippen LogP contribution in [-0.4, -0.2) is 38.7 Å². The summed E-state index contributed by atoms with van der Waals surface area (Å²) in [6.45, 7) is 2.13. The largest absolute Gasteiger partial charge is 0.365 e. The monoisotopic (exact) mass is 543 g/mol. The van der Waals surface area contributed by atoms with E-state index < -0.39 is 17.4 Å². The third-order valence-corrected chi connectivity index (χ3v) is 7.56. The quantitative estimate of drug-likeness (QED) is 0.292. The van der Waals surface area contributed by atoms with E-state index in [1.807, 2.05) is 54.6 Å². The summed E-state index contributed by atoms with van der Waals surface area (Å²) < 4.78 is 15.9. The Morgan fingerprint density at radius 1 is 1.10 bits per heavy atom. The Balaban J connectivity index is 1.52. The molecule has 0 radical (unpaired) electrons. The molecule has 0 atom stereocenters. The van der Waals surface area contributed by atoms with Crippen molar-refractivity contribution in [2.75, 3.05) is 18.0 Å². The minimum absolute atomic E-state index is 0.173. The van der Waals surface area contributed by atoms with E-state index in [2.05, 4.69) is 16.0 Å². The number of nitrogens with two attached hydrogens (primary N) is 1. The molecule has 1 aliphatic heterocycles. The average molecular weight is 544 g/mol. The molecule has 1 fully saturated rings. The topological polar surface area (TPSA) is 104 Å². The van der Waals surface area contributed by atoms with Crippen molar-refractivity contribution in [3.8, 4) is 6.07 Å². The van der Waals surface area contributed by atoms with Crippen molar-refractivity contribution in [1.29, 1.82) is 5.26 Å². The first-order valence-electron chi connectivity index (χ1n) is 12.6. The van der Waals surface area contributed by atoms with Crippen LogP contribution in [0.15, 0.2) is 79.1 Å². The first-order chi connectivity index (χ1) is 18.9. The van der Waals surface area contributed by atoms with Crippen LogP contribution in [0.1, 0.15) is 35.2 Å². The number of aromatic nitrogens is 3. The van der Waals surface area contributed by atoms with E-state index in [1.165, 1.54) is 12.3 Å². The zero-order chi connectivity index (χ0) is 27.4. The molecule has 8 nitrogen and oxygen atoms in total. The predicted octanol–water partition coefficient (Wildman–Crippen LogP) is 5.54. The summed E-state index contributed by atoms with van der Waals surface area (Å²) in [5.41, 5.74) is 7.51. The van der Waals surface area contributed by atoms with Gasteiger partial charge in [0.05, 0.1) is 23.7 Å². The van der Waals surface area contributed by atoms with Crippen molar-refractivity contribution >= 4 is 34.7 Å². The number of carbonyl (C=O) groups excluding carboxylic acids is 1. The molecule has 10 heteroatoms. The molecular weight excluding hydrogens is 517 g/mol. The number of benzene rings is 2. The maximum Gasteiger partial charge on any atom is 0.254 e. The second kappa shape index (κ2) is 11.2. The maximum atomic E-state index is 14.2. The molecule has 1 aliphatic rings. The molecule has 0 saturated carbocycles. The maximum absolute atomic E-state index is 14.2. The molecule has 2 N–H and O–H groups in total. The van der Waals surface area contributed by atoms with E-state index in [0.29, 0.717) is 43.9 Å². The number of rotatable bonds is 8. The Bertz CT molecular complexity index is 1510. The summed E-state index contributed by atoms with van der Waals surface area (Å²) in [4.78, 5) is 20.3. The lowest BCUT2D eigenvalue weighted by Crippen LogP contribution is -2.46. The first-order valence-corrected chi connectivity index (χ1v) is 13.0. The Morgan fingerprint density at radius 2 is 1.82 bits per heavy atom. The lowest BCUT2D eigenvalue weighted by Gasteiger charge is -2.41. The van der Waals surface area contributed by atoms with Crippen molar-refractivity contribution in [2.45, 2.75) is 31.3 Å². The van der Waals surface area contributed by atoms with Gasteiger partial charge in [-0.1, -0.05) is 48.0 Å². The Hall–Kier alpha value is -4.26. The predicted molar refractivity (Wildman–Crippen MR) is 147 cm³/mol. The van der Waals surface area contributed by atoms with Gasteiger partial charge in [0.25, 0.3) is 5.91 Å². The number of primary amides is 1. The second-order valence-electron chi connectivity index (χ2n) is 9.61. The number of carbonyl (C=O) groups is 1. The van der Waals surface area contributed by atoms with Gasteiger partial charge in [0.2, 0.25) is 5.95 Å². The number of hydrogen-bond acceptors (Lipinski definition) is 6. The van der Waals surface area contributed by atoms with Crippen molar-refractivity contribution in [1.82, 2.24) is 19.7 Å². The van der Waals surface area contributed by atoms with Crippen LogP contribution in [0.2, 0.25) is 5.02 Å². The second-order valence-corrected chi connectivity index (χ2v) is 10.0. The SMILES string of the molecule is N#CCC1(n2cc(C(N)=O)c(N(c3ccccc3)c3ccnc(F)c3)n2)CCN(Cc2ccccc2Cl)CC1.